The second kappa shape index (κ2) is 5.48. The van der Waals surface area contributed by atoms with Gasteiger partial charge in [0.25, 0.3) is 0 Å². The fourth-order valence-electron chi connectivity index (χ4n) is 2.39. The number of anilines is 1. The third-order valence-corrected chi connectivity index (χ3v) is 3.55. The highest BCUT2D eigenvalue weighted by Crippen LogP contribution is 2.28. The second-order valence-corrected chi connectivity index (χ2v) is 4.91. The Morgan fingerprint density at radius 2 is 2.25 bits per heavy atom. The zero-order valence-corrected chi connectivity index (χ0v) is 10.4. The molecule has 3 nitrogen and oxygen atoms in total. The SMILES string of the molecule is CCC1CCCC(Nc2ccc(Cl)nn2)C1. The molecule has 1 aromatic heterocycles. The maximum atomic E-state index is 5.70. The van der Waals surface area contributed by atoms with E-state index in [0.717, 1.165) is 11.7 Å². The summed E-state index contributed by atoms with van der Waals surface area (Å²) in [6.07, 6.45) is 6.46. The number of aromatic nitrogens is 2. The molecule has 2 unspecified atom stereocenters. The van der Waals surface area contributed by atoms with Crippen LogP contribution in [0.5, 0.6) is 0 Å². The van der Waals surface area contributed by atoms with Gasteiger partial charge >= 0.3 is 0 Å². The molecule has 1 aliphatic carbocycles. The molecule has 0 bridgehead atoms. The first-order chi connectivity index (χ1) is 7.78. The lowest BCUT2D eigenvalue weighted by molar-refractivity contribution is 0.327. The first kappa shape index (κ1) is 11.6. The van der Waals surface area contributed by atoms with Crippen LogP contribution in [0.2, 0.25) is 5.15 Å². The molecule has 2 rings (SSSR count). The summed E-state index contributed by atoms with van der Waals surface area (Å²) >= 11 is 5.70. The molecule has 1 saturated carbocycles. The van der Waals surface area contributed by atoms with Crippen molar-refractivity contribution in [3.63, 3.8) is 0 Å². The van der Waals surface area contributed by atoms with E-state index in [-0.39, 0.29) is 0 Å². The zero-order valence-electron chi connectivity index (χ0n) is 9.62. The molecule has 1 aromatic rings. The highest BCUT2D eigenvalue weighted by atomic mass is 35.5. The molecular formula is C12H18ClN3. The van der Waals surface area contributed by atoms with Crippen LogP contribution in [0.4, 0.5) is 5.82 Å². The maximum absolute atomic E-state index is 5.70. The number of nitrogens with zero attached hydrogens (tertiary/aromatic N) is 2. The Morgan fingerprint density at radius 1 is 1.38 bits per heavy atom. The molecule has 0 aromatic carbocycles. The van der Waals surface area contributed by atoms with E-state index in [9.17, 15) is 0 Å². The summed E-state index contributed by atoms with van der Waals surface area (Å²) in [4.78, 5) is 0. The van der Waals surface area contributed by atoms with E-state index in [1.54, 1.807) is 6.07 Å². The molecule has 4 heteroatoms. The average molecular weight is 240 g/mol. The number of rotatable bonds is 3. The Hall–Kier alpha value is -0.830. The van der Waals surface area contributed by atoms with Gasteiger partial charge in [-0.1, -0.05) is 37.8 Å². The topological polar surface area (TPSA) is 37.8 Å². The van der Waals surface area contributed by atoms with Crippen LogP contribution < -0.4 is 5.32 Å². The van der Waals surface area contributed by atoms with Crippen molar-refractivity contribution in [3.05, 3.63) is 17.3 Å². The van der Waals surface area contributed by atoms with Crippen molar-refractivity contribution in [1.82, 2.24) is 10.2 Å². The lowest BCUT2D eigenvalue weighted by atomic mass is 9.84. The smallest absolute Gasteiger partial charge is 0.151 e. The predicted molar refractivity (Wildman–Crippen MR) is 66.7 cm³/mol. The molecule has 1 fully saturated rings. The van der Waals surface area contributed by atoms with E-state index >= 15 is 0 Å². The first-order valence-electron chi connectivity index (χ1n) is 6.03. The van der Waals surface area contributed by atoms with Gasteiger partial charge in [0.1, 0.15) is 5.82 Å². The molecule has 0 aliphatic heterocycles. The van der Waals surface area contributed by atoms with E-state index in [0.29, 0.717) is 11.2 Å². The van der Waals surface area contributed by atoms with Gasteiger partial charge in [-0.05, 0) is 30.9 Å². The van der Waals surface area contributed by atoms with E-state index < -0.39 is 0 Å². The number of hydrogen-bond donors (Lipinski definition) is 1. The highest BCUT2D eigenvalue weighted by Gasteiger charge is 2.20. The molecule has 88 valence electrons. The van der Waals surface area contributed by atoms with Gasteiger partial charge in [-0.25, -0.2) is 0 Å². The average Bonchev–Trinajstić information content (AvgIpc) is 2.32. The third kappa shape index (κ3) is 3.08. The quantitative estimate of drug-likeness (QED) is 0.877. The van der Waals surface area contributed by atoms with Crippen molar-refractivity contribution < 1.29 is 0 Å². The Balaban J connectivity index is 1.91. The summed E-state index contributed by atoms with van der Waals surface area (Å²) < 4.78 is 0. The van der Waals surface area contributed by atoms with Crippen molar-refractivity contribution in [2.45, 2.75) is 45.1 Å². The minimum atomic E-state index is 0.445. The van der Waals surface area contributed by atoms with Crippen LogP contribution in [0.15, 0.2) is 12.1 Å². The zero-order chi connectivity index (χ0) is 11.4. The Labute approximate surface area is 102 Å². The number of halogens is 1. The van der Waals surface area contributed by atoms with Gasteiger partial charge in [0, 0.05) is 6.04 Å². The molecule has 0 amide bonds. The highest BCUT2D eigenvalue weighted by molar-refractivity contribution is 6.29. The standard InChI is InChI=1S/C12H18ClN3/c1-2-9-4-3-5-10(8-9)14-12-7-6-11(13)15-16-12/h6-7,9-10H,2-5,8H2,1H3,(H,14,16). The fourth-order valence-corrected chi connectivity index (χ4v) is 2.50. The van der Waals surface area contributed by atoms with Crippen LogP contribution in [0.25, 0.3) is 0 Å². The van der Waals surface area contributed by atoms with Crippen molar-refractivity contribution >= 4 is 17.4 Å². The molecule has 0 spiro atoms. The van der Waals surface area contributed by atoms with E-state index in [1.807, 2.05) is 6.07 Å². The van der Waals surface area contributed by atoms with Crippen molar-refractivity contribution in [2.75, 3.05) is 5.32 Å². The molecule has 0 radical (unpaired) electrons. The number of hydrogen-bond acceptors (Lipinski definition) is 3. The van der Waals surface area contributed by atoms with Gasteiger partial charge in [0.15, 0.2) is 5.15 Å². The van der Waals surface area contributed by atoms with Crippen LogP contribution >= 0.6 is 11.6 Å². The van der Waals surface area contributed by atoms with Crippen LogP contribution in [0, 0.1) is 5.92 Å². The predicted octanol–water partition coefficient (Wildman–Crippen LogP) is 3.51. The van der Waals surface area contributed by atoms with Crippen LogP contribution in [0.3, 0.4) is 0 Å². The minimum Gasteiger partial charge on any atom is -0.366 e. The van der Waals surface area contributed by atoms with Gasteiger partial charge in [0.05, 0.1) is 0 Å². The van der Waals surface area contributed by atoms with E-state index in [2.05, 4.69) is 22.4 Å². The van der Waals surface area contributed by atoms with Crippen molar-refractivity contribution in [1.29, 1.82) is 0 Å². The molecule has 1 aliphatic rings. The van der Waals surface area contributed by atoms with Gasteiger partial charge in [-0.3, -0.25) is 0 Å². The number of nitrogens with one attached hydrogen (secondary N) is 1. The molecule has 2 atom stereocenters. The largest absolute Gasteiger partial charge is 0.366 e. The molecule has 0 saturated heterocycles. The first-order valence-corrected chi connectivity index (χ1v) is 6.41. The molecule has 1 heterocycles. The Kier molecular flexibility index (Phi) is 3.99. The van der Waals surface area contributed by atoms with Crippen molar-refractivity contribution in [3.8, 4) is 0 Å². The van der Waals surface area contributed by atoms with Crippen LogP contribution in [-0.2, 0) is 0 Å². The summed E-state index contributed by atoms with van der Waals surface area (Å²) in [7, 11) is 0. The summed E-state index contributed by atoms with van der Waals surface area (Å²) in [5.74, 6) is 1.71. The third-order valence-electron chi connectivity index (χ3n) is 3.34. The minimum absolute atomic E-state index is 0.445. The Morgan fingerprint density at radius 3 is 2.94 bits per heavy atom. The monoisotopic (exact) mass is 239 g/mol. The second-order valence-electron chi connectivity index (χ2n) is 4.52. The van der Waals surface area contributed by atoms with E-state index in [4.69, 9.17) is 11.6 Å². The Bertz CT molecular complexity index is 326. The van der Waals surface area contributed by atoms with Gasteiger partial charge in [-0.2, -0.15) is 0 Å². The van der Waals surface area contributed by atoms with Crippen LogP contribution in [0.1, 0.15) is 39.0 Å². The van der Waals surface area contributed by atoms with Gasteiger partial charge in [0.2, 0.25) is 0 Å². The molecule has 1 N–H and O–H groups in total. The van der Waals surface area contributed by atoms with Gasteiger partial charge < -0.3 is 5.32 Å². The maximum Gasteiger partial charge on any atom is 0.151 e. The summed E-state index contributed by atoms with van der Waals surface area (Å²) in [5, 5.41) is 11.8. The molecular weight excluding hydrogens is 222 g/mol. The van der Waals surface area contributed by atoms with Crippen molar-refractivity contribution in [2.24, 2.45) is 5.92 Å². The lowest BCUT2D eigenvalue weighted by Crippen LogP contribution is -2.27. The van der Waals surface area contributed by atoms with Gasteiger partial charge in [-0.15, -0.1) is 10.2 Å². The van der Waals surface area contributed by atoms with Crippen LogP contribution in [-0.4, -0.2) is 16.2 Å². The molecule has 16 heavy (non-hydrogen) atoms. The summed E-state index contributed by atoms with van der Waals surface area (Å²) in [5.41, 5.74) is 0. The normalized spacial score (nSPS) is 25.4. The lowest BCUT2D eigenvalue weighted by Gasteiger charge is -2.29. The van der Waals surface area contributed by atoms with E-state index in [1.165, 1.54) is 32.1 Å². The summed E-state index contributed by atoms with van der Waals surface area (Å²) in [6.45, 7) is 2.27. The summed E-state index contributed by atoms with van der Waals surface area (Å²) in [6, 6.07) is 4.22. The fraction of sp³-hybridized carbons (Fsp3) is 0.667.